The Bertz CT molecular complexity index is 1200. The van der Waals surface area contributed by atoms with Gasteiger partial charge in [0.2, 0.25) is 0 Å². The van der Waals surface area contributed by atoms with E-state index in [2.05, 4.69) is 0 Å². The molecule has 0 radical (unpaired) electrons. The second-order valence-electron chi connectivity index (χ2n) is 8.01. The molecule has 1 amide bonds. The highest BCUT2D eigenvalue weighted by Gasteiger charge is 2.37. The van der Waals surface area contributed by atoms with Crippen LogP contribution in [0.1, 0.15) is 44.1 Å². The molecule has 5 nitrogen and oxygen atoms in total. The molecule has 1 fully saturated rings. The fraction of sp³-hybridized carbons (Fsp3) is 0.409. The summed E-state index contributed by atoms with van der Waals surface area (Å²) in [7, 11) is -3.11. The highest BCUT2D eigenvalue weighted by atomic mass is 32.2. The Morgan fingerprint density at radius 2 is 1.90 bits per heavy atom. The lowest BCUT2D eigenvalue weighted by Crippen LogP contribution is -2.40. The molecular formula is C22H25NO4S2. The molecular weight excluding hydrogens is 406 g/mol. The van der Waals surface area contributed by atoms with Crippen LogP contribution >= 0.6 is 11.3 Å². The van der Waals surface area contributed by atoms with Gasteiger partial charge in [-0.05, 0) is 74.4 Å². The van der Waals surface area contributed by atoms with Crippen molar-refractivity contribution in [1.82, 2.24) is 4.90 Å². The summed E-state index contributed by atoms with van der Waals surface area (Å²) in [4.78, 5) is 16.4. The first-order valence-corrected chi connectivity index (χ1v) is 12.4. The maximum absolute atomic E-state index is 13.6. The van der Waals surface area contributed by atoms with Crippen molar-refractivity contribution < 1.29 is 17.6 Å². The van der Waals surface area contributed by atoms with Gasteiger partial charge in [-0.2, -0.15) is 0 Å². The maximum Gasteiger partial charge on any atom is 0.290 e. The minimum absolute atomic E-state index is 0.0145. The minimum Gasteiger partial charge on any atom is -0.451 e. The van der Waals surface area contributed by atoms with E-state index in [1.165, 1.54) is 0 Å². The maximum atomic E-state index is 13.6. The summed E-state index contributed by atoms with van der Waals surface area (Å²) in [5.74, 6) is 0.218. The topological polar surface area (TPSA) is 67.6 Å². The molecule has 0 saturated carbocycles. The van der Waals surface area contributed by atoms with Crippen LogP contribution in [-0.4, -0.2) is 36.8 Å². The Morgan fingerprint density at radius 1 is 1.17 bits per heavy atom. The molecule has 1 aliphatic rings. The Balaban J connectivity index is 1.76. The fourth-order valence-electron chi connectivity index (χ4n) is 3.92. The Hall–Kier alpha value is -2.12. The van der Waals surface area contributed by atoms with Crippen molar-refractivity contribution in [3.05, 3.63) is 56.5 Å². The number of carbonyl (C=O) groups is 1. The molecule has 29 heavy (non-hydrogen) atoms. The van der Waals surface area contributed by atoms with Gasteiger partial charge in [0.1, 0.15) is 5.58 Å². The SMILES string of the molecule is Cc1cc2oc(C(=O)N(Cc3sccc3C)C3CCS(=O)(=O)C3)c(C)c2cc1C. The average molecular weight is 432 g/mol. The predicted octanol–water partition coefficient (Wildman–Crippen LogP) is 4.56. The van der Waals surface area contributed by atoms with Crippen LogP contribution in [0.25, 0.3) is 11.0 Å². The first kappa shape index (κ1) is 20.2. The van der Waals surface area contributed by atoms with Gasteiger partial charge in [0.25, 0.3) is 5.91 Å². The number of thiophene rings is 1. The molecule has 0 N–H and O–H groups in total. The number of carbonyl (C=O) groups excluding carboxylic acids is 1. The number of aryl methyl sites for hydroxylation is 4. The third kappa shape index (κ3) is 3.73. The van der Waals surface area contributed by atoms with Gasteiger partial charge >= 0.3 is 0 Å². The number of nitrogens with zero attached hydrogens (tertiary/aromatic N) is 1. The van der Waals surface area contributed by atoms with E-state index in [0.29, 0.717) is 24.3 Å². The summed E-state index contributed by atoms with van der Waals surface area (Å²) in [6.45, 7) is 8.37. The molecule has 0 bridgehead atoms. The van der Waals surface area contributed by atoms with E-state index in [-0.39, 0.29) is 23.5 Å². The van der Waals surface area contributed by atoms with Crippen molar-refractivity contribution >= 4 is 38.1 Å². The van der Waals surface area contributed by atoms with Crippen LogP contribution in [0.2, 0.25) is 0 Å². The minimum atomic E-state index is -3.11. The molecule has 1 aliphatic heterocycles. The summed E-state index contributed by atoms with van der Waals surface area (Å²) in [5.41, 5.74) is 4.87. The average Bonchev–Trinajstić information content (AvgIpc) is 3.31. The number of hydrogen-bond acceptors (Lipinski definition) is 5. The summed E-state index contributed by atoms with van der Waals surface area (Å²) in [5, 5.41) is 2.93. The van der Waals surface area contributed by atoms with E-state index < -0.39 is 9.84 Å². The van der Waals surface area contributed by atoms with Gasteiger partial charge < -0.3 is 9.32 Å². The van der Waals surface area contributed by atoms with E-state index in [9.17, 15) is 13.2 Å². The van der Waals surface area contributed by atoms with Crippen LogP contribution in [0, 0.1) is 27.7 Å². The highest BCUT2D eigenvalue weighted by Crippen LogP contribution is 2.31. The van der Waals surface area contributed by atoms with Gasteiger partial charge in [0.15, 0.2) is 15.6 Å². The van der Waals surface area contributed by atoms with Crippen LogP contribution in [-0.2, 0) is 16.4 Å². The molecule has 2 aromatic heterocycles. The summed E-state index contributed by atoms with van der Waals surface area (Å²) < 4.78 is 30.2. The van der Waals surface area contributed by atoms with Crippen molar-refractivity contribution in [1.29, 1.82) is 0 Å². The third-order valence-electron chi connectivity index (χ3n) is 5.94. The quantitative estimate of drug-likeness (QED) is 0.607. The molecule has 154 valence electrons. The molecule has 7 heteroatoms. The normalized spacial score (nSPS) is 18.4. The Kier molecular flexibility index (Phi) is 5.07. The van der Waals surface area contributed by atoms with Gasteiger partial charge in [-0.3, -0.25) is 4.79 Å². The summed E-state index contributed by atoms with van der Waals surface area (Å²) in [6.07, 6.45) is 0.468. The zero-order valence-corrected chi connectivity index (χ0v) is 18.7. The molecule has 0 aliphatic carbocycles. The van der Waals surface area contributed by atoms with Crippen LogP contribution < -0.4 is 0 Å². The van der Waals surface area contributed by atoms with Gasteiger partial charge in [0.05, 0.1) is 18.1 Å². The van der Waals surface area contributed by atoms with Crippen LogP contribution in [0.15, 0.2) is 28.0 Å². The highest BCUT2D eigenvalue weighted by molar-refractivity contribution is 7.91. The zero-order chi connectivity index (χ0) is 20.9. The number of fused-ring (bicyclic) bond motifs is 1. The van der Waals surface area contributed by atoms with Crippen molar-refractivity contribution in [2.45, 2.75) is 46.7 Å². The Morgan fingerprint density at radius 3 is 2.52 bits per heavy atom. The lowest BCUT2D eigenvalue weighted by molar-refractivity contribution is 0.0651. The lowest BCUT2D eigenvalue weighted by atomic mass is 10.0. The second-order valence-corrected chi connectivity index (χ2v) is 11.2. The smallest absolute Gasteiger partial charge is 0.290 e. The molecule has 1 unspecified atom stereocenters. The van der Waals surface area contributed by atoms with Crippen molar-refractivity contribution in [2.24, 2.45) is 0 Å². The predicted molar refractivity (Wildman–Crippen MR) is 116 cm³/mol. The molecule has 4 rings (SSSR count). The first-order chi connectivity index (χ1) is 13.7. The van der Waals surface area contributed by atoms with Gasteiger partial charge in [0, 0.05) is 21.9 Å². The molecule has 1 saturated heterocycles. The van der Waals surface area contributed by atoms with E-state index in [1.807, 2.05) is 51.3 Å². The number of hydrogen-bond donors (Lipinski definition) is 0. The largest absolute Gasteiger partial charge is 0.451 e. The van der Waals surface area contributed by atoms with Gasteiger partial charge in [-0.1, -0.05) is 0 Å². The second kappa shape index (κ2) is 7.29. The number of rotatable bonds is 4. The van der Waals surface area contributed by atoms with Crippen molar-refractivity contribution in [3.63, 3.8) is 0 Å². The standard InChI is InChI=1S/C22H25NO4S2/c1-13-5-7-28-20(13)11-23(17-6-8-29(25,26)12-17)22(24)21-16(4)18-9-14(2)15(3)10-19(18)27-21/h5,7,9-10,17H,6,8,11-12H2,1-4H3. The molecule has 1 atom stereocenters. The van der Waals surface area contributed by atoms with E-state index in [0.717, 1.165) is 32.5 Å². The zero-order valence-electron chi connectivity index (χ0n) is 17.1. The van der Waals surface area contributed by atoms with Crippen LogP contribution in [0.5, 0.6) is 0 Å². The number of amides is 1. The monoisotopic (exact) mass is 431 g/mol. The summed E-state index contributed by atoms with van der Waals surface area (Å²) in [6, 6.07) is 5.70. The third-order valence-corrected chi connectivity index (χ3v) is 8.70. The van der Waals surface area contributed by atoms with E-state index >= 15 is 0 Å². The lowest BCUT2D eigenvalue weighted by Gasteiger charge is -2.27. The van der Waals surface area contributed by atoms with E-state index in [4.69, 9.17) is 4.42 Å². The number of furan rings is 1. The van der Waals surface area contributed by atoms with Crippen molar-refractivity contribution in [2.75, 3.05) is 11.5 Å². The first-order valence-electron chi connectivity index (χ1n) is 9.71. The summed E-state index contributed by atoms with van der Waals surface area (Å²) >= 11 is 1.59. The van der Waals surface area contributed by atoms with Crippen LogP contribution in [0.3, 0.4) is 0 Å². The Labute approximate surface area is 175 Å². The van der Waals surface area contributed by atoms with Gasteiger partial charge in [-0.25, -0.2) is 8.42 Å². The van der Waals surface area contributed by atoms with Crippen LogP contribution in [0.4, 0.5) is 0 Å². The molecule has 3 heterocycles. The van der Waals surface area contributed by atoms with Crippen molar-refractivity contribution in [3.8, 4) is 0 Å². The molecule has 1 aromatic carbocycles. The molecule has 0 spiro atoms. The van der Waals surface area contributed by atoms with E-state index in [1.54, 1.807) is 16.2 Å². The number of sulfone groups is 1. The molecule has 3 aromatic rings. The van der Waals surface area contributed by atoms with Gasteiger partial charge in [-0.15, -0.1) is 11.3 Å². The fourth-order valence-corrected chi connectivity index (χ4v) is 6.55. The number of benzene rings is 1.